The number of fused-ring (bicyclic) bond motifs is 1. The summed E-state index contributed by atoms with van der Waals surface area (Å²) in [4.78, 5) is 0. The minimum atomic E-state index is -0.234. The molecule has 1 heterocycles. The summed E-state index contributed by atoms with van der Waals surface area (Å²) in [6.07, 6.45) is 66.1. The molecule has 0 N–H and O–H groups in total. The van der Waals surface area contributed by atoms with Crippen LogP contribution in [0.2, 0.25) is 0 Å². The maximum atomic E-state index is 6.90. The second-order valence-electron chi connectivity index (χ2n) is 19.8. The average molecular weight is 777 g/mol. The number of ether oxygens (including phenoxy) is 2. The predicted molar refractivity (Wildman–Crippen MR) is 247 cm³/mol. The van der Waals surface area contributed by atoms with Crippen molar-refractivity contribution in [3.05, 3.63) is 48.6 Å². The normalized spacial score (nSPS) is 21.8. The Labute approximate surface area is 351 Å². The molecule has 2 nitrogen and oxygen atoms in total. The van der Waals surface area contributed by atoms with E-state index in [9.17, 15) is 0 Å². The Kier molecular flexibility index (Phi) is 26.4. The zero-order valence-corrected chi connectivity index (χ0v) is 38.4. The monoisotopic (exact) mass is 777 g/mol. The van der Waals surface area contributed by atoms with Crippen molar-refractivity contribution in [1.29, 1.82) is 0 Å². The Bertz CT molecular complexity index is 990. The van der Waals surface area contributed by atoms with Crippen molar-refractivity contribution in [3.63, 3.8) is 0 Å². The molecule has 1 unspecified atom stereocenters. The number of hydrogen-bond donors (Lipinski definition) is 0. The first-order valence-corrected chi connectivity index (χ1v) is 25.3. The van der Waals surface area contributed by atoms with E-state index in [1.165, 1.54) is 212 Å². The van der Waals surface area contributed by atoms with Crippen molar-refractivity contribution < 1.29 is 9.47 Å². The summed E-state index contributed by atoms with van der Waals surface area (Å²) >= 11 is 0. The Morgan fingerprint density at radius 1 is 0.482 bits per heavy atom. The van der Waals surface area contributed by atoms with Gasteiger partial charge in [0, 0.05) is 12.8 Å². The van der Waals surface area contributed by atoms with E-state index >= 15 is 0 Å². The fourth-order valence-corrected chi connectivity index (χ4v) is 10.0. The van der Waals surface area contributed by atoms with Gasteiger partial charge in [0.25, 0.3) is 0 Å². The van der Waals surface area contributed by atoms with E-state index in [1.807, 2.05) is 0 Å². The van der Waals surface area contributed by atoms with Crippen molar-refractivity contribution in [2.24, 2.45) is 16.7 Å². The van der Waals surface area contributed by atoms with Gasteiger partial charge in [-0.15, -0.1) is 0 Å². The highest BCUT2D eigenvalue weighted by molar-refractivity contribution is 5.06. The number of hydrogen-bond acceptors (Lipinski definition) is 2. The maximum absolute atomic E-state index is 6.90. The van der Waals surface area contributed by atoms with E-state index in [-0.39, 0.29) is 5.79 Å². The van der Waals surface area contributed by atoms with Gasteiger partial charge in [-0.2, -0.15) is 0 Å². The summed E-state index contributed by atoms with van der Waals surface area (Å²) in [6, 6.07) is 0. The number of unbranched alkanes of at least 4 members (excludes halogenated alkanes) is 19. The molecule has 3 aliphatic rings. The summed E-state index contributed by atoms with van der Waals surface area (Å²) in [5, 5.41) is 0. The minimum absolute atomic E-state index is 0.234. The summed E-state index contributed by atoms with van der Waals surface area (Å²) in [7, 11) is 0. The Morgan fingerprint density at radius 3 is 1.32 bits per heavy atom. The SMILES string of the molecule is CCCCC/C=C\C/C=C\CCCCCCCCC1(CCCCCCCC/C=C\C/C=C\CCCCC)CC2(C1)O[C@H]1CC(CCCCC(C)(C)CC)C[C@H]1O2. The molecule has 2 aliphatic carbocycles. The largest absolute Gasteiger partial charge is 0.344 e. The number of allylic oxidation sites excluding steroid dienone is 8. The van der Waals surface area contributed by atoms with E-state index in [2.05, 4.69) is 83.2 Å². The molecule has 0 amide bonds. The van der Waals surface area contributed by atoms with E-state index in [4.69, 9.17) is 9.47 Å². The molecule has 3 fully saturated rings. The highest BCUT2D eigenvalue weighted by atomic mass is 16.8. The summed E-state index contributed by atoms with van der Waals surface area (Å²) in [5.41, 5.74) is 0.973. The van der Waals surface area contributed by atoms with Gasteiger partial charge in [-0.25, -0.2) is 0 Å². The molecule has 3 atom stereocenters. The highest BCUT2D eigenvalue weighted by Crippen LogP contribution is 2.61. The average Bonchev–Trinajstić information content (AvgIpc) is 3.72. The van der Waals surface area contributed by atoms with Crippen LogP contribution in [-0.4, -0.2) is 18.0 Å². The van der Waals surface area contributed by atoms with Gasteiger partial charge in [0.1, 0.15) is 0 Å². The van der Waals surface area contributed by atoms with E-state index in [0.29, 0.717) is 23.0 Å². The van der Waals surface area contributed by atoms with Crippen molar-refractivity contribution in [2.45, 2.75) is 277 Å². The van der Waals surface area contributed by atoms with Gasteiger partial charge >= 0.3 is 0 Å². The van der Waals surface area contributed by atoms with E-state index in [0.717, 1.165) is 18.8 Å². The first-order chi connectivity index (χ1) is 27.3. The molecule has 0 aromatic rings. The molecule has 0 aromatic heterocycles. The third kappa shape index (κ3) is 21.2. The smallest absolute Gasteiger partial charge is 0.170 e. The quantitative estimate of drug-likeness (QED) is 0.0466. The standard InChI is InChI=1S/C54H96O2/c1-6-9-11-13-15-17-19-21-23-25-27-29-31-33-35-38-43-53(44-39-36-34-32-30-28-26-24-22-20-18-16-14-12-10-7-2)47-54(48-53)55-50-45-49(46-51(50)56-54)41-37-40-42-52(4,5)8-3/h15-18,21-24,49-51H,6-14,19-20,25-48H2,1-5H3/b17-15-,18-16-,23-21-,24-22-/t49?,50-,51+. The molecule has 3 rings (SSSR count). The summed E-state index contributed by atoms with van der Waals surface area (Å²) in [5.74, 6) is 0.579. The van der Waals surface area contributed by atoms with Crippen molar-refractivity contribution in [2.75, 3.05) is 0 Å². The third-order valence-electron chi connectivity index (χ3n) is 14.1. The molecule has 2 saturated carbocycles. The van der Waals surface area contributed by atoms with E-state index < -0.39 is 0 Å². The van der Waals surface area contributed by atoms with Crippen LogP contribution in [0.15, 0.2) is 48.6 Å². The molecule has 0 aromatic carbocycles. The van der Waals surface area contributed by atoms with Crippen LogP contribution in [0.3, 0.4) is 0 Å². The van der Waals surface area contributed by atoms with Crippen LogP contribution in [0.25, 0.3) is 0 Å². The van der Waals surface area contributed by atoms with Gasteiger partial charge in [-0.1, -0.05) is 199 Å². The lowest BCUT2D eigenvalue weighted by Gasteiger charge is -2.54. The molecular formula is C54H96O2. The lowest BCUT2D eigenvalue weighted by molar-refractivity contribution is -0.281. The maximum Gasteiger partial charge on any atom is 0.170 e. The van der Waals surface area contributed by atoms with E-state index in [1.54, 1.807) is 0 Å². The summed E-state index contributed by atoms with van der Waals surface area (Å²) < 4.78 is 13.8. The molecule has 56 heavy (non-hydrogen) atoms. The van der Waals surface area contributed by atoms with Crippen molar-refractivity contribution in [3.8, 4) is 0 Å². The van der Waals surface area contributed by atoms with Crippen LogP contribution in [0.5, 0.6) is 0 Å². The van der Waals surface area contributed by atoms with Gasteiger partial charge in [0.15, 0.2) is 5.79 Å². The van der Waals surface area contributed by atoms with Crippen LogP contribution >= 0.6 is 0 Å². The van der Waals surface area contributed by atoms with Crippen LogP contribution in [0.4, 0.5) is 0 Å². The van der Waals surface area contributed by atoms with Crippen molar-refractivity contribution >= 4 is 0 Å². The molecular weight excluding hydrogens is 681 g/mol. The fraction of sp³-hybridized carbons (Fsp3) is 0.852. The number of rotatable bonds is 36. The minimum Gasteiger partial charge on any atom is -0.344 e. The molecule has 0 bridgehead atoms. The lowest BCUT2D eigenvalue weighted by Crippen LogP contribution is -2.53. The first-order valence-electron chi connectivity index (χ1n) is 25.3. The molecule has 0 radical (unpaired) electrons. The van der Waals surface area contributed by atoms with Crippen molar-refractivity contribution in [1.82, 2.24) is 0 Å². The zero-order chi connectivity index (χ0) is 40.1. The highest BCUT2D eigenvalue weighted by Gasteiger charge is 2.62. The first kappa shape index (κ1) is 49.2. The summed E-state index contributed by atoms with van der Waals surface area (Å²) in [6.45, 7) is 11.8. The Morgan fingerprint density at radius 2 is 0.893 bits per heavy atom. The van der Waals surface area contributed by atoms with Gasteiger partial charge in [-0.05, 0) is 113 Å². The molecule has 1 aliphatic heterocycles. The fourth-order valence-electron chi connectivity index (χ4n) is 10.0. The second-order valence-corrected chi connectivity index (χ2v) is 19.8. The van der Waals surface area contributed by atoms with Crippen LogP contribution in [0, 0.1) is 16.7 Å². The molecule has 1 spiro atoms. The van der Waals surface area contributed by atoms with Gasteiger partial charge in [0.2, 0.25) is 0 Å². The van der Waals surface area contributed by atoms with Crippen LogP contribution in [-0.2, 0) is 9.47 Å². The second kappa shape index (κ2) is 30.0. The van der Waals surface area contributed by atoms with Crippen LogP contribution < -0.4 is 0 Å². The zero-order valence-electron chi connectivity index (χ0n) is 38.4. The Balaban J connectivity index is 1.30. The molecule has 2 heteroatoms. The Hall–Kier alpha value is -1.12. The predicted octanol–water partition coefficient (Wildman–Crippen LogP) is 18.1. The van der Waals surface area contributed by atoms with Gasteiger partial charge in [-0.3, -0.25) is 0 Å². The van der Waals surface area contributed by atoms with Gasteiger partial charge < -0.3 is 9.47 Å². The third-order valence-corrected chi connectivity index (χ3v) is 14.1. The molecule has 1 saturated heterocycles. The molecule has 324 valence electrons. The topological polar surface area (TPSA) is 18.5 Å². The van der Waals surface area contributed by atoms with Crippen LogP contribution in [0.1, 0.15) is 259 Å². The lowest BCUT2D eigenvalue weighted by atomic mass is 9.59. The van der Waals surface area contributed by atoms with Gasteiger partial charge in [0.05, 0.1) is 12.2 Å².